The number of amides is 1. The molecule has 1 N–H and O–H groups in total. The van der Waals surface area contributed by atoms with Gasteiger partial charge in [0.15, 0.2) is 0 Å². The summed E-state index contributed by atoms with van der Waals surface area (Å²) >= 11 is 0. The molecular weight excluding hydrogens is 404 g/mol. The molecule has 1 aromatic carbocycles. The summed E-state index contributed by atoms with van der Waals surface area (Å²) in [5.74, 6) is -1.67. The second-order valence-corrected chi connectivity index (χ2v) is 10.7. The van der Waals surface area contributed by atoms with Crippen LogP contribution in [0.15, 0.2) is 29.2 Å². The van der Waals surface area contributed by atoms with E-state index in [2.05, 4.69) is 13.8 Å². The minimum absolute atomic E-state index is 0.141. The molecule has 1 saturated carbocycles. The molecule has 7 nitrogen and oxygen atoms in total. The van der Waals surface area contributed by atoms with Crippen molar-refractivity contribution in [2.24, 2.45) is 17.8 Å². The molecule has 1 aliphatic heterocycles. The molecule has 1 saturated heterocycles. The third-order valence-corrected chi connectivity index (χ3v) is 8.07. The number of carboxylic acid groups (broad SMARTS) is 1. The first-order chi connectivity index (χ1) is 14.2. The average Bonchev–Trinajstić information content (AvgIpc) is 2.73. The normalized spacial score (nSPS) is 23.5. The van der Waals surface area contributed by atoms with E-state index < -0.39 is 27.8 Å². The zero-order valence-corrected chi connectivity index (χ0v) is 18.6. The van der Waals surface area contributed by atoms with Crippen LogP contribution in [-0.4, -0.2) is 60.8 Å². The van der Waals surface area contributed by atoms with Gasteiger partial charge in [-0.2, -0.15) is 4.31 Å². The van der Waals surface area contributed by atoms with Crippen LogP contribution in [0.5, 0.6) is 0 Å². The van der Waals surface area contributed by atoms with Gasteiger partial charge in [0.25, 0.3) is 0 Å². The van der Waals surface area contributed by atoms with Crippen LogP contribution in [0.1, 0.15) is 45.1 Å². The predicted octanol–water partition coefficient (Wildman–Crippen LogP) is 2.61. The summed E-state index contributed by atoms with van der Waals surface area (Å²) in [6.07, 6.45) is 3.73. The maximum atomic E-state index is 13.0. The lowest BCUT2D eigenvalue weighted by Gasteiger charge is -2.38. The summed E-state index contributed by atoms with van der Waals surface area (Å²) in [5.41, 5.74) is 1.11. The smallest absolute Gasteiger partial charge is 0.307 e. The number of carbonyl (C=O) groups excluding carboxylic acids is 1. The zero-order valence-electron chi connectivity index (χ0n) is 17.8. The number of carbonyl (C=O) groups is 2. The monoisotopic (exact) mass is 436 g/mol. The fourth-order valence-corrected chi connectivity index (χ4v) is 5.95. The van der Waals surface area contributed by atoms with Crippen molar-refractivity contribution in [1.82, 2.24) is 9.21 Å². The third-order valence-electron chi connectivity index (χ3n) is 6.16. The van der Waals surface area contributed by atoms with Gasteiger partial charge in [0, 0.05) is 26.2 Å². The molecule has 1 heterocycles. The molecular formula is C22H32N2O5S. The van der Waals surface area contributed by atoms with Gasteiger partial charge in [-0.15, -0.1) is 0 Å². The van der Waals surface area contributed by atoms with Crippen LogP contribution in [0.25, 0.3) is 0 Å². The van der Waals surface area contributed by atoms with E-state index in [9.17, 15) is 23.1 Å². The Hall–Kier alpha value is -1.93. The predicted molar refractivity (Wildman–Crippen MR) is 113 cm³/mol. The lowest BCUT2D eigenvalue weighted by atomic mass is 9.78. The van der Waals surface area contributed by atoms with Crippen LogP contribution >= 0.6 is 0 Å². The van der Waals surface area contributed by atoms with E-state index in [4.69, 9.17) is 0 Å². The fourth-order valence-electron chi connectivity index (χ4n) is 4.52. The molecule has 0 radical (unpaired) electrons. The molecule has 30 heavy (non-hydrogen) atoms. The first-order valence-electron chi connectivity index (χ1n) is 10.8. The molecule has 0 aromatic heterocycles. The standard InChI is InChI=1S/C22H32N2O5S/c1-16(2)15-17-7-9-18(10-8-17)30(28,29)24-13-11-23(12-14-24)21(25)19-5-3-4-6-20(19)22(26)27/h7-10,16,19-20H,3-6,11-15H2,1-2H3,(H,26,27). The molecule has 2 fully saturated rings. The Morgan fingerprint density at radius 2 is 1.57 bits per heavy atom. The van der Waals surface area contributed by atoms with E-state index in [1.807, 2.05) is 12.1 Å². The molecule has 1 amide bonds. The van der Waals surface area contributed by atoms with E-state index >= 15 is 0 Å². The van der Waals surface area contributed by atoms with E-state index in [1.54, 1.807) is 17.0 Å². The van der Waals surface area contributed by atoms with Gasteiger partial charge in [0.2, 0.25) is 15.9 Å². The Bertz CT molecular complexity index is 858. The van der Waals surface area contributed by atoms with Crippen LogP contribution in [0.4, 0.5) is 0 Å². The number of sulfonamides is 1. The number of rotatable bonds is 6. The lowest BCUT2D eigenvalue weighted by molar-refractivity contribution is -0.152. The van der Waals surface area contributed by atoms with E-state index in [0.717, 1.165) is 24.8 Å². The average molecular weight is 437 g/mol. The minimum atomic E-state index is -3.60. The summed E-state index contributed by atoms with van der Waals surface area (Å²) in [6, 6.07) is 7.04. The van der Waals surface area contributed by atoms with Crippen molar-refractivity contribution >= 4 is 21.9 Å². The Balaban J connectivity index is 1.62. The number of piperazine rings is 1. The third kappa shape index (κ3) is 5.03. The fraction of sp³-hybridized carbons (Fsp3) is 0.636. The number of hydrogen-bond acceptors (Lipinski definition) is 4. The Labute approximate surface area is 179 Å². The number of hydrogen-bond donors (Lipinski definition) is 1. The molecule has 2 unspecified atom stereocenters. The topological polar surface area (TPSA) is 95.0 Å². The highest BCUT2D eigenvalue weighted by molar-refractivity contribution is 7.89. The molecule has 2 aliphatic rings. The maximum Gasteiger partial charge on any atom is 0.307 e. The highest BCUT2D eigenvalue weighted by atomic mass is 32.2. The maximum absolute atomic E-state index is 13.0. The van der Waals surface area contributed by atoms with Crippen LogP contribution in [0.2, 0.25) is 0 Å². The first-order valence-corrected chi connectivity index (χ1v) is 12.2. The van der Waals surface area contributed by atoms with Crippen molar-refractivity contribution in [3.63, 3.8) is 0 Å². The van der Waals surface area contributed by atoms with Gasteiger partial charge in [-0.1, -0.05) is 38.8 Å². The van der Waals surface area contributed by atoms with Crippen molar-refractivity contribution in [2.45, 2.75) is 50.8 Å². The van der Waals surface area contributed by atoms with E-state index in [-0.39, 0.29) is 23.9 Å². The SMILES string of the molecule is CC(C)Cc1ccc(S(=O)(=O)N2CCN(C(=O)C3CCCCC3C(=O)O)CC2)cc1. The van der Waals surface area contributed by atoms with Gasteiger partial charge < -0.3 is 10.0 Å². The molecule has 1 aromatic rings. The molecule has 2 atom stereocenters. The minimum Gasteiger partial charge on any atom is -0.481 e. The summed E-state index contributed by atoms with van der Waals surface area (Å²) in [4.78, 5) is 26.3. The van der Waals surface area contributed by atoms with Gasteiger partial charge in [-0.3, -0.25) is 9.59 Å². The van der Waals surface area contributed by atoms with E-state index in [1.165, 1.54) is 4.31 Å². The first kappa shape index (κ1) is 22.7. The number of benzene rings is 1. The lowest BCUT2D eigenvalue weighted by Crippen LogP contribution is -2.53. The summed E-state index contributed by atoms with van der Waals surface area (Å²) in [5, 5.41) is 9.44. The Kier molecular flexibility index (Phi) is 7.18. The van der Waals surface area contributed by atoms with Crippen molar-refractivity contribution < 1.29 is 23.1 Å². The van der Waals surface area contributed by atoms with Crippen LogP contribution < -0.4 is 0 Å². The van der Waals surface area contributed by atoms with Crippen LogP contribution in [0, 0.1) is 17.8 Å². The number of carboxylic acids is 1. The van der Waals surface area contributed by atoms with Gasteiger partial charge >= 0.3 is 5.97 Å². The van der Waals surface area contributed by atoms with Gasteiger partial charge in [-0.25, -0.2) is 8.42 Å². The second kappa shape index (κ2) is 9.47. The Morgan fingerprint density at radius 1 is 1.00 bits per heavy atom. The quantitative estimate of drug-likeness (QED) is 0.740. The molecule has 1 aliphatic carbocycles. The van der Waals surface area contributed by atoms with Crippen LogP contribution in [0.3, 0.4) is 0 Å². The highest BCUT2D eigenvalue weighted by Gasteiger charge is 2.39. The largest absolute Gasteiger partial charge is 0.481 e. The van der Waals surface area contributed by atoms with Gasteiger partial charge in [-0.05, 0) is 42.9 Å². The molecule has 3 rings (SSSR count). The number of aliphatic carboxylic acids is 1. The number of nitrogens with zero attached hydrogens (tertiary/aromatic N) is 2. The molecule has 0 spiro atoms. The summed E-state index contributed by atoms with van der Waals surface area (Å²) in [6.45, 7) is 5.30. The van der Waals surface area contributed by atoms with Crippen LogP contribution in [-0.2, 0) is 26.0 Å². The van der Waals surface area contributed by atoms with Crippen molar-refractivity contribution in [1.29, 1.82) is 0 Å². The Morgan fingerprint density at radius 3 is 2.10 bits per heavy atom. The van der Waals surface area contributed by atoms with Crippen molar-refractivity contribution in [2.75, 3.05) is 26.2 Å². The molecule has 0 bridgehead atoms. The highest BCUT2D eigenvalue weighted by Crippen LogP contribution is 2.32. The van der Waals surface area contributed by atoms with Crippen molar-refractivity contribution in [3.05, 3.63) is 29.8 Å². The summed E-state index contributed by atoms with van der Waals surface area (Å²) in [7, 11) is -3.60. The molecule has 8 heteroatoms. The summed E-state index contributed by atoms with van der Waals surface area (Å²) < 4.78 is 27.4. The second-order valence-electron chi connectivity index (χ2n) is 8.81. The van der Waals surface area contributed by atoms with E-state index in [0.29, 0.717) is 31.8 Å². The van der Waals surface area contributed by atoms with Gasteiger partial charge in [0.05, 0.1) is 16.7 Å². The zero-order chi connectivity index (χ0) is 21.9. The van der Waals surface area contributed by atoms with Gasteiger partial charge in [0.1, 0.15) is 0 Å². The van der Waals surface area contributed by atoms with Crippen molar-refractivity contribution in [3.8, 4) is 0 Å². The molecule has 166 valence electrons.